The van der Waals surface area contributed by atoms with Gasteiger partial charge < -0.3 is 9.80 Å². The Morgan fingerprint density at radius 2 is 1.83 bits per heavy atom. The fourth-order valence-corrected chi connectivity index (χ4v) is 3.73. The summed E-state index contributed by atoms with van der Waals surface area (Å²) in [6.07, 6.45) is -0.101. The minimum atomic E-state index is -4.39. The second kappa shape index (κ2) is 8.62. The molecular formula is C22H27F3N4O. The average molecular weight is 420 g/mol. The minimum absolute atomic E-state index is 0.0584. The lowest BCUT2D eigenvalue weighted by atomic mass is 9.92. The largest absolute Gasteiger partial charge is 0.416 e. The van der Waals surface area contributed by atoms with Gasteiger partial charge in [0.1, 0.15) is 0 Å². The number of anilines is 1. The number of piperidine rings is 1. The van der Waals surface area contributed by atoms with Crippen LogP contribution in [0.25, 0.3) is 11.1 Å². The van der Waals surface area contributed by atoms with E-state index >= 15 is 0 Å². The predicted octanol–water partition coefficient (Wildman–Crippen LogP) is 4.94. The maximum atomic E-state index is 13.0. The normalized spacial score (nSPS) is 17.3. The molecule has 0 unspecified atom stereocenters. The third-order valence-corrected chi connectivity index (χ3v) is 5.32. The quantitative estimate of drug-likeness (QED) is 0.703. The number of alkyl halides is 3. The van der Waals surface area contributed by atoms with Crippen molar-refractivity contribution in [3.05, 3.63) is 41.7 Å². The van der Waals surface area contributed by atoms with Gasteiger partial charge in [0, 0.05) is 38.3 Å². The zero-order valence-electron chi connectivity index (χ0n) is 17.7. The fraction of sp³-hybridized carbons (Fsp3) is 0.500. The van der Waals surface area contributed by atoms with Crippen LogP contribution in [0.2, 0.25) is 0 Å². The fourth-order valence-electron chi connectivity index (χ4n) is 3.73. The minimum Gasteiger partial charge on any atom is -0.347 e. The summed E-state index contributed by atoms with van der Waals surface area (Å²) in [5, 5.41) is 0. The Balaban J connectivity index is 2.09. The lowest BCUT2D eigenvalue weighted by Gasteiger charge is -2.37. The first-order chi connectivity index (χ1) is 14.1. The van der Waals surface area contributed by atoms with Crippen molar-refractivity contribution in [1.82, 2.24) is 14.9 Å². The van der Waals surface area contributed by atoms with Gasteiger partial charge >= 0.3 is 6.18 Å². The maximum Gasteiger partial charge on any atom is 0.416 e. The van der Waals surface area contributed by atoms with Gasteiger partial charge in [0.25, 0.3) is 0 Å². The van der Waals surface area contributed by atoms with Crippen molar-refractivity contribution in [3.8, 4) is 11.1 Å². The smallest absolute Gasteiger partial charge is 0.347 e. The van der Waals surface area contributed by atoms with E-state index < -0.39 is 11.7 Å². The third-order valence-electron chi connectivity index (χ3n) is 5.32. The van der Waals surface area contributed by atoms with Crippen LogP contribution in [0.15, 0.2) is 30.5 Å². The summed E-state index contributed by atoms with van der Waals surface area (Å²) in [5.74, 6) is 0.418. The number of hydrogen-bond donors (Lipinski definition) is 0. The molecule has 3 rings (SSSR count). The molecule has 30 heavy (non-hydrogen) atoms. The monoisotopic (exact) mass is 420 g/mol. The SMILES string of the molecule is CC(C)C(=O)N1CCCC[C@@H]1c1nc(N(C)C)ncc1-c1ccc(C(F)(F)F)cc1. The second-order valence-electron chi connectivity index (χ2n) is 8.14. The van der Waals surface area contributed by atoms with Crippen molar-refractivity contribution in [2.45, 2.75) is 45.3 Å². The van der Waals surface area contributed by atoms with Crippen molar-refractivity contribution in [3.63, 3.8) is 0 Å². The van der Waals surface area contributed by atoms with Crippen LogP contribution < -0.4 is 4.90 Å². The van der Waals surface area contributed by atoms with E-state index in [4.69, 9.17) is 4.98 Å². The van der Waals surface area contributed by atoms with Crippen molar-refractivity contribution in [1.29, 1.82) is 0 Å². The number of rotatable bonds is 4. The zero-order valence-corrected chi connectivity index (χ0v) is 17.7. The molecule has 1 aromatic heterocycles. The number of benzene rings is 1. The maximum absolute atomic E-state index is 13.0. The van der Waals surface area contributed by atoms with Crippen molar-refractivity contribution < 1.29 is 18.0 Å². The van der Waals surface area contributed by atoms with Gasteiger partial charge in [-0.25, -0.2) is 9.97 Å². The number of carbonyl (C=O) groups excluding carboxylic acids is 1. The predicted molar refractivity (Wildman–Crippen MR) is 110 cm³/mol. The van der Waals surface area contributed by atoms with Gasteiger partial charge in [-0.15, -0.1) is 0 Å². The Labute approximate surface area is 174 Å². The van der Waals surface area contributed by atoms with E-state index in [-0.39, 0.29) is 17.9 Å². The number of likely N-dealkylation sites (tertiary alicyclic amines) is 1. The van der Waals surface area contributed by atoms with E-state index in [1.54, 1.807) is 11.1 Å². The number of amides is 1. The second-order valence-corrected chi connectivity index (χ2v) is 8.14. The standard InChI is InChI=1S/C22H27F3N4O/c1-14(2)20(30)29-12-6-5-7-18(29)19-17(13-26-21(27-19)28(3)4)15-8-10-16(11-9-15)22(23,24)25/h8-11,13-14,18H,5-7,12H2,1-4H3/t18-/m1/s1. The first kappa shape index (κ1) is 22.1. The summed E-state index contributed by atoms with van der Waals surface area (Å²) >= 11 is 0. The molecule has 1 atom stereocenters. The number of carbonyl (C=O) groups is 1. The topological polar surface area (TPSA) is 49.3 Å². The van der Waals surface area contributed by atoms with Crippen LogP contribution in [0.4, 0.5) is 19.1 Å². The van der Waals surface area contributed by atoms with Gasteiger partial charge in [0.2, 0.25) is 11.9 Å². The van der Waals surface area contributed by atoms with Crippen LogP contribution >= 0.6 is 0 Å². The first-order valence-electron chi connectivity index (χ1n) is 10.1. The molecule has 1 amide bonds. The summed E-state index contributed by atoms with van der Waals surface area (Å²) < 4.78 is 38.9. The molecule has 1 aliphatic rings. The van der Waals surface area contributed by atoms with E-state index in [9.17, 15) is 18.0 Å². The molecule has 0 N–H and O–H groups in total. The number of hydrogen-bond acceptors (Lipinski definition) is 4. The molecule has 1 aromatic carbocycles. The lowest BCUT2D eigenvalue weighted by molar-refractivity contribution is -0.139. The van der Waals surface area contributed by atoms with Gasteiger partial charge in [-0.05, 0) is 37.0 Å². The zero-order chi connectivity index (χ0) is 22.1. The highest BCUT2D eigenvalue weighted by molar-refractivity contribution is 5.79. The third kappa shape index (κ3) is 4.57. The van der Waals surface area contributed by atoms with E-state index in [1.165, 1.54) is 12.1 Å². The van der Waals surface area contributed by atoms with Crippen molar-refractivity contribution in [2.75, 3.05) is 25.5 Å². The molecule has 0 bridgehead atoms. The highest BCUT2D eigenvalue weighted by Gasteiger charge is 2.33. The van der Waals surface area contributed by atoms with Crippen LogP contribution in [-0.2, 0) is 11.0 Å². The molecule has 2 heterocycles. The van der Waals surface area contributed by atoms with Crippen LogP contribution in [0.1, 0.15) is 50.4 Å². The van der Waals surface area contributed by atoms with Gasteiger partial charge in [-0.2, -0.15) is 13.2 Å². The molecular weight excluding hydrogens is 393 g/mol. The molecule has 5 nitrogen and oxygen atoms in total. The van der Waals surface area contributed by atoms with Gasteiger partial charge in [0.05, 0.1) is 17.3 Å². The van der Waals surface area contributed by atoms with Crippen molar-refractivity contribution in [2.24, 2.45) is 5.92 Å². The molecule has 0 radical (unpaired) electrons. The summed E-state index contributed by atoms with van der Waals surface area (Å²) in [7, 11) is 3.66. The Morgan fingerprint density at radius 3 is 2.40 bits per heavy atom. The average Bonchev–Trinajstić information content (AvgIpc) is 2.72. The molecule has 162 valence electrons. The van der Waals surface area contributed by atoms with Gasteiger partial charge in [-0.1, -0.05) is 26.0 Å². The van der Waals surface area contributed by atoms with Crippen LogP contribution in [0.5, 0.6) is 0 Å². The Hall–Kier alpha value is -2.64. The van der Waals surface area contributed by atoms with Crippen LogP contribution in [0, 0.1) is 5.92 Å². The molecule has 0 spiro atoms. The lowest BCUT2D eigenvalue weighted by Crippen LogP contribution is -2.41. The molecule has 0 saturated carbocycles. The Morgan fingerprint density at radius 1 is 1.17 bits per heavy atom. The summed E-state index contributed by atoms with van der Waals surface area (Å²) in [6, 6.07) is 4.79. The Bertz CT molecular complexity index is 894. The molecule has 1 fully saturated rings. The van der Waals surface area contributed by atoms with E-state index in [0.717, 1.165) is 31.4 Å². The molecule has 8 heteroatoms. The van der Waals surface area contributed by atoms with Gasteiger partial charge in [-0.3, -0.25) is 4.79 Å². The van der Waals surface area contributed by atoms with E-state index in [2.05, 4.69) is 4.98 Å². The molecule has 2 aromatic rings. The summed E-state index contributed by atoms with van der Waals surface area (Å²) in [6.45, 7) is 4.39. The van der Waals surface area contributed by atoms with E-state index in [1.807, 2.05) is 32.8 Å². The highest BCUT2D eigenvalue weighted by atomic mass is 19.4. The van der Waals surface area contributed by atoms with Crippen molar-refractivity contribution >= 4 is 11.9 Å². The number of halogens is 3. The highest BCUT2D eigenvalue weighted by Crippen LogP contribution is 2.38. The van der Waals surface area contributed by atoms with Gasteiger partial charge in [0.15, 0.2) is 0 Å². The van der Waals surface area contributed by atoms with E-state index in [0.29, 0.717) is 29.3 Å². The summed E-state index contributed by atoms with van der Waals surface area (Å²) in [4.78, 5) is 25.6. The summed E-state index contributed by atoms with van der Waals surface area (Å²) in [5.41, 5.74) is 1.24. The molecule has 0 aliphatic carbocycles. The first-order valence-corrected chi connectivity index (χ1v) is 10.1. The van der Waals surface area contributed by atoms with Crippen LogP contribution in [0.3, 0.4) is 0 Å². The molecule has 1 aliphatic heterocycles. The number of aromatic nitrogens is 2. The Kier molecular flexibility index (Phi) is 6.33. The molecule has 1 saturated heterocycles. The number of nitrogens with zero attached hydrogens (tertiary/aromatic N) is 4. The van der Waals surface area contributed by atoms with Crippen LogP contribution in [-0.4, -0.2) is 41.4 Å².